The maximum Gasteiger partial charge on any atom is 0.155 e. The molecule has 1 aliphatic carbocycles. The molecule has 0 amide bonds. The van der Waals surface area contributed by atoms with E-state index in [9.17, 15) is 5.11 Å². The van der Waals surface area contributed by atoms with Gasteiger partial charge in [0.1, 0.15) is 17.1 Å². The molecule has 1 unspecified atom stereocenters. The maximum atomic E-state index is 10.5. The second-order valence-corrected chi connectivity index (χ2v) is 7.63. The van der Waals surface area contributed by atoms with Crippen molar-refractivity contribution in [1.82, 2.24) is 14.6 Å². The molecule has 3 heterocycles. The lowest BCUT2D eigenvalue weighted by atomic mass is 9.85. The summed E-state index contributed by atoms with van der Waals surface area (Å²) in [6.45, 7) is 0.512. The third-order valence-electron chi connectivity index (χ3n) is 5.73. The molecule has 0 radical (unpaired) electrons. The Morgan fingerprint density at radius 2 is 2.00 bits per heavy atom. The largest absolute Gasteiger partial charge is 0.454 e. The van der Waals surface area contributed by atoms with Crippen LogP contribution >= 0.6 is 0 Å². The minimum Gasteiger partial charge on any atom is -0.454 e. The van der Waals surface area contributed by atoms with Crippen LogP contribution in [0.2, 0.25) is 0 Å². The Morgan fingerprint density at radius 3 is 2.86 bits per heavy atom. The Kier molecular flexibility index (Phi) is 4.49. The average molecular weight is 376 g/mol. The summed E-state index contributed by atoms with van der Waals surface area (Å²) in [6, 6.07) is 13.8. The predicted octanol–water partition coefficient (Wildman–Crippen LogP) is 4.50. The number of furan rings is 1. The lowest BCUT2D eigenvalue weighted by Gasteiger charge is -2.26. The molecule has 1 saturated carbocycles. The molecule has 28 heavy (non-hydrogen) atoms. The topological polar surface area (TPSA) is 75.6 Å². The summed E-state index contributed by atoms with van der Waals surface area (Å²) in [7, 11) is 0. The van der Waals surface area contributed by atoms with Crippen LogP contribution in [0, 0.1) is 5.92 Å². The summed E-state index contributed by atoms with van der Waals surface area (Å²) >= 11 is 0. The number of para-hydroxylation sites is 1. The van der Waals surface area contributed by atoms with Crippen LogP contribution in [0.25, 0.3) is 28.1 Å². The number of imidazole rings is 1. The van der Waals surface area contributed by atoms with Crippen molar-refractivity contribution in [1.29, 1.82) is 0 Å². The van der Waals surface area contributed by atoms with Crippen LogP contribution in [0.3, 0.4) is 0 Å². The molecule has 1 fully saturated rings. The van der Waals surface area contributed by atoms with Crippen molar-refractivity contribution in [3.8, 4) is 11.5 Å². The van der Waals surface area contributed by atoms with E-state index < -0.39 is 0 Å². The van der Waals surface area contributed by atoms with Crippen molar-refractivity contribution in [2.45, 2.75) is 38.2 Å². The van der Waals surface area contributed by atoms with Crippen LogP contribution in [-0.2, 0) is 0 Å². The van der Waals surface area contributed by atoms with Gasteiger partial charge < -0.3 is 14.8 Å². The first kappa shape index (κ1) is 17.3. The molecule has 1 aliphatic rings. The quantitative estimate of drug-likeness (QED) is 0.536. The van der Waals surface area contributed by atoms with Crippen molar-refractivity contribution in [3.63, 3.8) is 0 Å². The van der Waals surface area contributed by atoms with Gasteiger partial charge in [0.15, 0.2) is 11.4 Å². The van der Waals surface area contributed by atoms with Gasteiger partial charge in [-0.05, 0) is 43.0 Å². The molecule has 144 valence electrons. The number of nitrogens with one attached hydrogen (secondary N) is 1. The summed E-state index contributed by atoms with van der Waals surface area (Å²) in [6.07, 6.45) is 7.42. The van der Waals surface area contributed by atoms with Crippen LogP contribution in [-0.4, -0.2) is 32.4 Å². The fraction of sp³-hybridized carbons (Fsp3) is 0.364. The first-order chi connectivity index (χ1) is 13.8. The lowest BCUT2D eigenvalue weighted by Crippen LogP contribution is -2.30. The van der Waals surface area contributed by atoms with Crippen molar-refractivity contribution in [2.24, 2.45) is 5.92 Å². The first-order valence-electron chi connectivity index (χ1n) is 10.0. The zero-order valence-corrected chi connectivity index (χ0v) is 15.7. The summed E-state index contributed by atoms with van der Waals surface area (Å²) < 4.78 is 7.76. The Hall–Kier alpha value is -2.86. The van der Waals surface area contributed by atoms with Gasteiger partial charge >= 0.3 is 0 Å². The minimum absolute atomic E-state index is 0.338. The molecule has 2 N–H and O–H groups in total. The third-order valence-corrected chi connectivity index (χ3v) is 5.73. The molecule has 3 aromatic heterocycles. The van der Waals surface area contributed by atoms with Crippen molar-refractivity contribution in [3.05, 3.63) is 48.7 Å². The molecule has 6 nitrogen and oxygen atoms in total. The van der Waals surface area contributed by atoms with E-state index in [0.29, 0.717) is 12.5 Å². The van der Waals surface area contributed by atoms with Crippen LogP contribution in [0.4, 0.5) is 5.82 Å². The van der Waals surface area contributed by atoms with Crippen LogP contribution in [0.5, 0.6) is 0 Å². The van der Waals surface area contributed by atoms with E-state index in [1.165, 1.54) is 19.3 Å². The Bertz CT molecular complexity index is 1060. The van der Waals surface area contributed by atoms with Gasteiger partial charge in [0, 0.05) is 11.9 Å². The summed E-state index contributed by atoms with van der Waals surface area (Å²) in [5.41, 5.74) is 2.41. The van der Waals surface area contributed by atoms with Gasteiger partial charge in [0.2, 0.25) is 0 Å². The molecule has 5 rings (SSSR count). The second-order valence-electron chi connectivity index (χ2n) is 7.63. The number of aliphatic hydroxyl groups excluding tert-OH is 1. The first-order valence-corrected chi connectivity index (χ1v) is 10.0. The summed E-state index contributed by atoms with van der Waals surface area (Å²) in [4.78, 5) is 4.44. The van der Waals surface area contributed by atoms with Gasteiger partial charge in [-0.25, -0.2) is 9.50 Å². The van der Waals surface area contributed by atoms with Gasteiger partial charge in [-0.2, -0.15) is 0 Å². The number of anilines is 1. The molecule has 4 aromatic rings. The third kappa shape index (κ3) is 3.24. The highest BCUT2D eigenvalue weighted by molar-refractivity contribution is 5.82. The monoisotopic (exact) mass is 376 g/mol. The van der Waals surface area contributed by atoms with E-state index in [1.807, 2.05) is 42.5 Å². The Morgan fingerprint density at radius 1 is 1.14 bits per heavy atom. The van der Waals surface area contributed by atoms with Gasteiger partial charge in [0.25, 0.3) is 0 Å². The van der Waals surface area contributed by atoms with Crippen LogP contribution in [0.1, 0.15) is 32.1 Å². The molecule has 1 aromatic carbocycles. The normalized spacial score (nSPS) is 16.6. The zero-order valence-electron chi connectivity index (χ0n) is 15.7. The van der Waals surface area contributed by atoms with Crippen LogP contribution < -0.4 is 5.32 Å². The molecule has 0 spiro atoms. The average Bonchev–Trinajstić information content (AvgIpc) is 3.36. The standard InChI is InChI=1S/C22H24N4O2/c27-18(15-6-2-1-3-7-15)14-23-21-10-11-22-24-13-17(26(22)25-21)20-12-16-8-4-5-9-19(16)28-20/h4-5,8-13,15,18,27H,1-3,6-7,14H2,(H,23,25). The van der Waals surface area contributed by atoms with E-state index in [1.54, 1.807) is 10.7 Å². The van der Waals surface area contributed by atoms with E-state index in [0.717, 1.165) is 46.7 Å². The summed E-state index contributed by atoms with van der Waals surface area (Å²) in [5, 5.41) is 19.5. The molecule has 0 saturated heterocycles. The number of aromatic nitrogens is 3. The van der Waals surface area contributed by atoms with E-state index in [4.69, 9.17) is 4.42 Å². The minimum atomic E-state index is -0.338. The fourth-order valence-corrected chi connectivity index (χ4v) is 4.14. The molecular weight excluding hydrogens is 352 g/mol. The number of benzene rings is 1. The van der Waals surface area contributed by atoms with E-state index >= 15 is 0 Å². The Labute approximate surface area is 163 Å². The second kappa shape index (κ2) is 7.28. The highest BCUT2D eigenvalue weighted by atomic mass is 16.3. The summed E-state index contributed by atoms with van der Waals surface area (Å²) in [5.74, 6) is 1.85. The maximum absolute atomic E-state index is 10.5. The van der Waals surface area contributed by atoms with Gasteiger partial charge in [-0.1, -0.05) is 37.5 Å². The van der Waals surface area contributed by atoms with Crippen molar-refractivity contribution >= 4 is 22.4 Å². The number of hydrogen-bond donors (Lipinski definition) is 2. The van der Waals surface area contributed by atoms with Gasteiger partial charge in [-0.15, -0.1) is 5.10 Å². The number of rotatable bonds is 5. The molecular formula is C22H24N4O2. The molecule has 6 heteroatoms. The smallest absolute Gasteiger partial charge is 0.155 e. The molecule has 0 bridgehead atoms. The number of fused-ring (bicyclic) bond motifs is 2. The predicted molar refractivity (Wildman–Crippen MR) is 109 cm³/mol. The fourth-order valence-electron chi connectivity index (χ4n) is 4.14. The number of hydrogen-bond acceptors (Lipinski definition) is 5. The highest BCUT2D eigenvalue weighted by Crippen LogP contribution is 2.29. The van der Waals surface area contributed by atoms with E-state index in [2.05, 4.69) is 15.4 Å². The van der Waals surface area contributed by atoms with Crippen molar-refractivity contribution < 1.29 is 9.52 Å². The zero-order chi connectivity index (χ0) is 18.9. The Balaban J connectivity index is 1.38. The SMILES string of the molecule is OC(CNc1ccc2ncc(-c3cc4ccccc4o3)n2n1)C1CCCCC1. The lowest BCUT2D eigenvalue weighted by molar-refractivity contribution is 0.0955. The number of nitrogens with zero attached hydrogens (tertiary/aromatic N) is 3. The molecule has 1 atom stereocenters. The van der Waals surface area contributed by atoms with Crippen LogP contribution in [0.15, 0.2) is 53.1 Å². The molecule has 0 aliphatic heterocycles. The highest BCUT2D eigenvalue weighted by Gasteiger charge is 2.21. The van der Waals surface area contributed by atoms with Gasteiger partial charge in [0.05, 0.1) is 12.3 Å². The van der Waals surface area contributed by atoms with E-state index in [-0.39, 0.29) is 6.10 Å². The van der Waals surface area contributed by atoms with Gasteiger partial charge in [-0.3, -0.25) is 0 Å². The van der Waals surface area contributed by atoms with Crippen molar-refractivity contribution in [2.75, 3.05) is 11.9 Å². The number of aliphatic hydroxyl groups is 1.